The number of rotatable bonds is 3. The predicted molar refractivity (Wildman–Crippen MR) is 97.2 cm³/mol. The maximum absolute atomic E-state index is 12.6. The fraction of sp³-hybridized carbons (Fsp3) is 0.111. The van der Waals surface area contributed by atoms with E-state index >= 15 is 0 Å². The molecule has 0 N–H and O–H groups in total. The average Bonchev–Trinajstić information content (AvgIpc) is 2.93. The van der Waals surface area contributed by atoms with Gasteiger partial charge in [0, 0.05) is 5.75 Å². The van der Waals surface area contributed by atoms with E-state index in [1.807, 2.05) is 30.3 Å². The van der Waals surface area contributed by atoms with Gasteiger partial charge < -0.3 is 0 Å². The Morgan fingerprint density at radius 1 is 1.04 bits per heavy atom. The Balaban J connectivity index is 1.64. The van der Waals surface area contributed by atoms with Crippen molar-refractivity contribution in [2.24, 2.45) is 4.99 Å². The minimum atomic E-state index is -4.37. The summed E-state index contributed by atoms with van der Waals surface area (Å²) in [5, 5.41) is 0. The van der Waals surface area contributed by atoms with Crippen molar-refractivity contribution >= 4 is 39.9 Å². The van der Waals surface area contributed by atoms with Gasteiger partial charge in [0.15, 0.2) is 0 Å². The van der Waals surface area contributed by atoms with Gasteiger partial charge >= 0.3 is 6.18 Å². The summed E-state index contributed by atoms with van der Waals surface area (Å²) in [5.41, 5.74) is 0.951. The first-order valence-electron chi connectivity index (χ1n) is 7.28. The Morgan fingerprint density at radius 2 is 1.72 bits per heavy atom. The van der Waals surface area contributed by atoms with Crippen LogP contribution in [0.3, 0.4) is 0 Å². The lowest BCUT2D eigenvalue weighted by Gasteiger charge is -2.06. The number of aliphatic imine (C=N–C) groups is 1. The molecule has 0 saturated carbocycles. The van der Waals surface area contributed by atoms with Crippen molar-refractivity contribution in [3.05, 3.63) is 76.2 Å². The van der Waals surface area contributed by atoms with Gasteiger partial charge in [-0.25, -0.2) is 0 Å². The number of benzene rings is 2. The standard InChI is InChI=1S/C18H12F3NOS2/c19-18(20,21)14-8-6-12(7-9-14)10-15-16(23)22-17(25-15)24-11-13-4-2-1-3-5-13/h1-10H,11H2/b15-10-. The molecule has 1 aliphatic rings. The van der Waals surface area contributed by atoms with E-state index in [4.69, 9.17) is 0 Å². The smallest absolute Gasteiger partial charge is 0.266 e. The first-order valence-corrected chi connectivity index (χ1v) is 9.08. The summed E-state index contributed by atoms with van der Waals surface area (Å²) >= 11 is 2.71. The number of nitrogens with zero attached hydrogens (tertiary/aromatic N) is 1. The lowest BCUT2D eigenvalue weighted by Crippen LogP contribution is -2.04. The second-order valence-electron chi connectivity index (χ2n) is 5.19. The van der Waals surface area contributed by atoms with Crippen molar-refractivity contribution in [3.63, 3.8) is 0 Å². The number of thioether (sulfide) groups is 2. The van der Waals surface area contributed by atoms with Crippen molar-refractivity contribution in [3.8, 4) is 0 Å². The van der Waals surface area contributed by atoms with Gasteiger partial charge in [-0.3, -0.25) is 4.79 Å². The second-order valence-corrected chi connectivity index (χ2v) is 7.44. The second kappa shape index (κ2) is 7.49. The van der Waals surface area contributed by atoms with Crippen LogP contribution in [-0.4, -0.2) is 10.3 Å². The number of hydrogen-bond acceptors (Lipinski definition) is 3. The molecular weight excluding hydrogens is 367 g/mol. The van der Waals surface area contributed by atoms with Crippen LogP contribution in [0.25, 0.3) is 6.08 Å². The fourth-order valence-electron chi connectivity index (χ4n) is 2.09. The van der Waals surface area contributed by atoms with Crippen molar-refractivity contribution < 1.29 is 18.0 Å². The molecule has 2 nitrogen and oxygen atoms in total. The lowest BCUT2D eigenvalue weighted by atomic mass is 10.1. The monoisotopic (exact) mass is 379 g/mol. The Bertz CT molecular complexity index is 828. The molecule has 1 heterocycles. The predicted octanol–water partition coefficient (Wildman–Crippen LogP) is 5.61. The van der Waals surface area contributed by atoms with Crippen LogP contribution in [-0.2, 0) is 16.7 Å². The van der Waals surface area contributed by atoms with Crippen LogP contribution in [0.1, 0.15) is 16.7 Å². The van der Waals surface area contributed by atoms with Gasteiger partial charge in [0.2, 0.25) is 0 Å². The molecule has 0 bridgehead atoms. The molecule has 0 atom stereocenters. The largest absolute Gasteiger partial charge is 0.416 e. The summed E-state index contributed by atoms with van der Waals surface area (Å²) < 4.78 is 38.3. The molecule has 0 spiro atoms. The van der Waals surface area contributed by atoms with Crippen LogP contribution in [0.4, 0.5) is 13.2 Å². The van der Waals surface area contributed by atoms with Crippen LogP contribution < -0.4 is 0 Å². The molecule has 0 aliphatic carbocycles. The molecule has 25 heavy (non-hydrogen) atoms. The van der Waals surface area contributed by atoms with Crippen LogP contribution in [0.2, 0.25) is 0 Å². The molecule has 0 radical (unpaired) electrons. The third-order valence-electron chi connectivity index (χ3n) is 3.34. The summed E-state index contributed by atoms with van der Waals surface area (Å²) in [7, 11) is 0. The normalized spacial score (nSPS) is 16.4. The SMILES string of the molecule is O=C1N=C(SCc2ccccc2)S/C1=C\c1ccc(C(F)(F)F)cc1. The van der Waals surface area contributed by atoms with Crippen molar-refractivity contribution in [2.75, 3.05) is 0 Å². The molecule has 0 saturated heterocycles. The van der Waals surface area contributed by atoms with E-state index < -0.39 is 11.7 Å². The molecule has 0 fully saturated rings. The third kappa shape index (κ3) is 4.76. The molecule has 128 valence electrons. The highest BCUT2D eigenvalue weighted by molar-refractivity contribution is 8.40. The maximum atomic E-state index is 12.6. The van der Waals surface area contributed by atoms with Gasteiger partial charge in [-0.15, -0.1) is 0 Å². The molecule has 7 heteroatoms. The number of amides is 1. The Labute approximate surface area is 151 Å². The van der Waals surface area contributed by atoms with E-state index in [-0.39, 0.29) is 5.91 Å². The van der Waals surface area contributed by atoms with E-state index in [1.54, 1.807) is 6.08 Å². The van der Waals surface area contributed by atoms with E-state index in [0.717, 1.165) is 17.7 Å². The lowest BCUT2D eigenvalue weighted by molar-refractivity contribution is -0.137. The Kier molecular flexibility index (Phi) is 5.34. The van der Waals surface area contributed by atoms with Gasteiger partial charge in [0.25, 0.3) is 5.91 Å². The summed E-state index contributed by atoms with van der Waals surface area (Å²) in [5.74, 6) is 0.341. The third-order valence-corrected chi connectivity index (χ3v) is 5.54. The molecule has 0 unspecified atom stereocenters. The molecular formula is C18H12F3NOS2. The van der Waals surface area contributed by atoms with Crippen LogP contribution in [0.15, 0.2) is 64.5 Å². The summed E-state index contributed by atoms with van der Waals surface area (Å²) in [4.78, 5) is 16.4. The van der Waals surface area contributed by atoms with Gasteiger partial charge in [-0.1, -0.05) is 66.0 Å². The zero-order chi connectivity index (χ0) is 17.9. The number of hydrogen-bond donors (Lipinski definition) is 0. The first-order chi connectivity index (χ1) is 11.9. The Morgan fingerprint density at radius 3 is 2.36 bits per heavy atom. The first kappa shape index (κ1) is 17.8. The van der Waals surface area contributed by atoms with E-state index in [9.17, 15) is 18.0 Å². The number of alkyl halides is 3. The molecule has 1 aliphatic heterocycles. The van der Waals surface area contributed by atoms with Crippen molar-refractivity contribution in [2.45, 2.75) is 11.9 Å². The minimum Gasteiger partial charge on any atom is -0.266 e. The van der Waals surface area contributed by atoms with Gasteiger partial charge in [-0.2, -0.15) is 18.2 Å². The zero-order valence-corrected chi connectivity index (χ0v) is 14.4. The topological polar surface area (TPSA) is 29.4 Å². The van der Waals surface area contributed by atoms with Crippen LogP contribution in [0, 0.1) is 0 Å². The van der Waals surface area contributed by atoms with E-state index in [2.05, 4.69) is 4.99 Å². The number of carbonyl (C=O) groups is 1. The number of carbonyl (C=O) groups excluding carboxylic acids is 1. The van der Waals surface area contributed by atoms with Gasteiger partial charge in [-0.05, 0) is 29.3 Å². The molecule has 2 aromatic carbocycles. The van der Waals surface area contributed by atoms with Crippen LogP contribution >= 0.6 is 23.5 Å². The van der Waals surface area contributed by atoms with Gasteiger partial charge in [0.1, 0.15) is 4.38 Å². The highest BCUT2D eigenvalue weighted by Gasteiger charge is 2.30. The van der Waals surface area contributed by atoms with Crippen LogP contribution in [0.5, 0.6) is 0 Å². The Hall–Kier alpha value is -1.99. The molecule has 1 amide bonds. The molecule has 0 aromatic heterocycles. The highest BCUT2D eigenvalue weighted by Crippen LogP contribution is 2.35. The summed E-state index contributed by atoms with van der Waals surface area (Å²) in [6, 6.07) is 14.5. The van der Waals surface area contributed by atoms with E-state index in [1.165, 1.54) is 35.7 Å². The quantitative estimate of drug-likeness (QED) is 0.649. The number of halogens is 3. The summed E-state index contributed by atoms with van der Waals surface area (Å²) in [6.07, 6.45) is -2.80. The maximum Gasteiger partial charge on any atom is 0.416 e. The minimum absolute atomic E-state index is 0.361. The van der Waals surface area contributed by atoms with Crippen molar-refractivity contribution in [1.29, 1.82) is 0 Å². The van der Waals surface area contributed by atoms with E-state index in [0.29, 0.717) is 20.6 Å². The van der Waals surface area contributed by atoms with Gasteiger partial charge in [0.05, 0.1) is 10.5 Å². The molecule has 2 aromatic rings. The highest BCUT2D eigenvalue weighted by atomic mass is 32.2. The molecule has 3 rings (SSSR count). The van der Waals surface area contributed by atoms with Crippen molar-refractivity contribution in [1.82, 2.24) is 0 Å². The summed E-state index contributed by atoms with van der Waals surface area (Å²) in [6.45, 7) is 0. The average molecular weight is 379 g/mol. The fourth-order valence-corrected chi connectivity index (χ4v) is 4.05. The zero-order valence-electron chi connectivity index (χ0n) is 12.8.